The number of imidazole rings is 1. The zero-order valence-electron chi connectivity index (χ0n) is 11.7. The van der Waals surface area contributed by atoms with Gasteiger partial charge in [-0.2, -0.15) is 13.2 Å². The van der Waals surface area contributed by atoms with Gasteiger partial charge >= 0.3 is 6.18 Å². The standard InChI is InChI=1S/C5H6F3N3.C5H10.C3H8/c6-5(7,8)3-11-2-1-10-4(11)9;1-2-4-5-3-1;1-3-2/h1-2H,3H2,(H2,9,10);1-5H2;3H2,1-2H3. The van der Waals surface area contributed by atoms with Gasteiger partial charge in [-0.15, -0.1) is 0 Å². The minimum atomic E-state index is -4.24. The molecule has 1 aromatic heterocycles. The maximum absolute atomic E-state index is 11.7. The fraction of sp³-hybridized carbons (Fsp3) is 0.769. The summed E-state index contributed by atoms with van der Waals surface area (Å²) in [4.78, 5) is 3.44. The predicted molar refractivity (Wildman–Crippen MR) is 71.7 cm³/mol. The molecule has 1 saturated carbocycles. The van der Waals surface area contributed by atoms with Crippen molar-refractivity contribution >= 4 is 5.95 Å². The highest BCUT2D eigenvalue weighted by Crippen LogP contribution is 2.18. The molecule has 1 fully saturated rings. The van der Waals surface area contributed by atoms with Crippen molar-refractivity contribution < 1.29 is 13.2 Å². The van der Waals surface area contributed by atoms with E-state index >= 15 is 0 Å². The summed E-state index contributed by atoms with van der Waals surface area (Å²) in [6, 6.07) is 0. The van der Waals surface area contributed by atoms with Crippen LogP contribution in [-0.2, 0) is 6.54 Å². The molecule has 0 aromatic carbocycles. The van der Waals surface area contributed by atoms with E-state index in [2.05, 4.69) is 18.8 Å². The maximum Gasteiger partial charge on any atom is 0.406 e. The van der Waals surface area contributed by atoms with Crippen LogP contribution >= 0.6 is 0 Å². The summed E-state index contributed by atoms with van der Waals surface area (Å²) in [5, 5.41) is 0. The second-order valence-electron chi connectivity index (χ2n) is 4.50. The minimum Gasteiger partial charge on any atom is -0.369 e. The lowest BCUT2D eigenvalue weighted by Crippen LogP contribution is -2.18. The van der Waals surface area contributed by atoms with E-state index in [1.807, 2.05) is 0 Å². The lowest BCUT2D eigenvalue weighted by molar-refractivity contribution is -0.140. The van der Waals surface area contributed by atoms with Crippen LogP contribution < -0.4 is 5.73 Å². The van der Waals surface area contributed by atoms with E-state index < -0.39 is 12.7 Å². The summed E-state index contributed by atoms with van der Waals surface area (Å²) < 4.78 is 35.9. The Labute approximate surface area is 113 Å². The van der Waals surface area contributed by atoms with Gasteiger partial charge in [0.2, 0.25) is 0 Å². The largest absolute Gasteiger partial charge is 0.406 e. The molecule has 0 atom stereocenters. The molecule has 1 aliphatic carbocycles. The summed E-state index contributed by atoms with van der Waals surface area (Å²) in [6.07, 6.45) is 6.92. The Morgan fingerprint density at radius 3 is 1.84 bits per heavy atom. The Balaban J connectivity index is 0.000000334. The third kappa shape index (κ3) is 10.4. The van der Waals surface area contributed by atoms with Gasteiger partial charge in [-0.1, -0.05) is 52.4 Å². The summed E-state index contributed by atoms with van der Waals surface area (Å²) in [7, 11) is 0. The molecule has 0 saturated heterocycles. The Morgan fingerprint density at radius 1 is 1.16 bits per heavy atom. The number of hydrogen-bond acceptors (Lipinski definition) is 2. The number of nitrogens with zero attached hydrogens (tertiary/aromatic N) is 2. The minimum absolute atomic E-state index is 0.123. The maximum atomic E-state index is 11.7. The molecule has 1 heterocycles. The molecule has 0 amide bonds. The summed E-state index contributed by atoms with van der Waals surface area (Å²) in [6.45, 7) is 3.17. The highest BCUT2D eigenvalue weighted by Gasteiger charge is 2.28. The smallest absolute Gasteiger partial charge is 0.369 e. The normalized spacial score (nSPS) is 14.2. The van der Waals surface area contributed by atoms with Gasteiger partial charge in [0.05, 0.1) is 0 Å². The van der Waals surface area contributed by atoms with Crippen LogP contribution in [0.1, 0.15) is 52.4 Å². The first-order valence-corrected chi connectivity index (χ1v) is 6.74. The molecule has 1 aliphatic rings. The molecule has 112 valence electrons. The van der Waals surface area contributed by atoms with Crippen molar-refractivity contribution in [1.29, 1.82) is 0 Å². The van der Waals surface area contributed by atoms with Crippen molar-refractivity contribution in [2.45, 2.75) is 65.1 Å². The van der Waals surface area contributed by atoms with E-state index in [-0.39, 0.29) is 5.95 Å². The second-order valence-corrected chi connectivity index (χ2v) is 4.50. The van der Waals surface area contributed by atoms with Crippen molar-refractivity contribution in [1.82, 2.24) is 9.55 Å². The molecule has 0 bridgehead atoms. The molecular weight excluding hydrogens is 255 g/mol. The summed E-state index contributed by atoms with van der Waals surface area (Å²) in [5.41, 5.74) is 5.10. The molecule has 6 heteroatoms. The predicted octanol–water partition coefficient (Wildman–Crippen LogP) is 4.39. The number of rotatable bonds is 1. The Hall–Kier alpha value is -1.20. The van der Waals surface area contributed by atoms with Gasteiger partial charge in [0, 0.05) is 12.4 Å². The monoisotopic (exact) mass is 279 g/mol. The topological polar surface area (TPSA) is 43.8 Å². The van der Waals surface area contributed by atoms with Gasteiger partial charge in [0.15, 0.2) is 5.95 Å². The van der Waals surface area contributed by atoms with E-state index in [0.717, 1.165) is 4.57 Å². The average molecular weight is 279 g/mol. The second kappa shape index (κ2) is 9.69. The Kier molecular flexibility index (Phi) is 9.08. The number of nitrogens with two attached hydrogens (primary N) is 1. The van der Waals surface area contributed by atoms with Gasteiger partial charge in [0.25, 0.3) is 0 Å². The lowest BCUT2D eigenvalue weighted by Gasteiger charge is -2.07. The third-order valence-corrected chi connectivity index (χ3v) is 2.35. The third-order valence-electron chi connectivity index (χ3n) is 2.35. The number of nitrogen functional groups attached to an aromatic ring is 1. The molecule has 0 unspecified atom stereocenters. The van der Waals surface area contributed by atoms with E-state index in [4.69, 9.17) is 5.73 Å². The van der Waals surface area contributed by atoms with Crippen LogP contribution in [0.5, 0.6) is 0 Å². The van der Waals surface area contributed by atoms with E-state index in [1.165, 1.54) is 50.9 Å². The quantitative estimate of drug-likeness (QED) is 0.828. The van der Waals surface area contributed by atoms with Gasteiger partial charge in [-0.3, -0.25) is 0 Å². The van der Waals surface area contributed by atoms with E-state index in [9.17, 15) is 13.2 Å². The van der Waals surface area contributed by atoms with Gasteiger partial charge in [-0.25, -0.2) is 4.98 Å². The molecule has 0 aliphatic heterocycles. The molecule has 1 aromatic rings. The van der Waals surface area contributed by atoms with Crippen LogP contribution in [0.3, 0.4) is 0 Å². The lowest BCUT2D eigenvalue weighted by atomic mass is 10.4. The molecule has 3 nitrogen and oxygen atoms in total. The van der Waals surface area contributed by atoms with Gasteiger partial charge < -0.3 is 10.3 Å². The molecule has 2 N–H and O–H groups in total. The number of anilines is 1. The molecule has 2 rings (SSSR count). The highest BCUT2D eigenvalue weighted by atomic mass is 19.4. The summed E-state index contributed by atoms with van der Waals surface area (Å²) >= 11 is 0. The zero-order chi connectivity index (χ0) is 14.7. The molecule has 19 heavy (non-hydrogen) atoms. The molecule has 0 spiro atoms. The fourth-order valence-electron chi connectivity index (χ4n) is 1.55. The first-order valence-electron chi connectivity index (χ1n) is 6.74. The summed E-state index contributed by atoms with van der Waals surface area (Å²) in [5.74, 6) is -0.123. The van der Waals surface area contributed by atoms with Crippen molar-refractivity contribution in [2.24, 2.45) is 0 Å². The molecule has 0 radical (unpaired) electrons. The first-order chi connectivity index (χ1) is 8.90. The van der Waals surface area contributed by atoms with Crippen LogP contribution in [0.4, 0.5) is 19.1 Å². The number of alkyl halides is 3. The zero-order valence-corrected chi connectivity index (χ0v) is 11.7. The van der Waals surface area contributed by atoms with Crippen LogP contribution in [0.15, 0.2) is 12.4 Å². The van der Waals surface area contributed by atoms with Crippen molar-refractivity contribution in [2.75, 3.05) is 5.73 Å². The highest BCUT2D eigenvalue weighted by molar-refractivity contribution is 5.16. The number of hydrogen-bond donors (Lipinski definition) is 1. The van der Waals surface area contributed by atoms with Crippen LogP contribution in [0.2, 0.25) is 0 Å². The number of halogens is 3. The van der Waals surface area contributed by atoms with Crippen LogP contribution in [0.25, 0.3) is 0 Å². The van der Waals surface area contributed by atoms with E-state index in [1.54, 1.807) is 0 Å². The van der Waals surface area contributed by atoms with Gasteiger partial charge in [-0.05, 0) is 0 Å². The average Bonchev–Trinajstić information content (AvgIpc) is 2.93. The fourth-order valence-corrected chi connectivity index (χ4v) is 1.55. The van der Waals surface area contributed by atoms with Crippen LogP contribution in [0, 0.1) is 0 Å². The van der Waals surface area contributed by atoms with Crippen LogP contribution in [-0.4, -0.2) is 15.7 Å². The number of aromatic nitrogens is 2. The Bertz CT molecular complexity index is 310. The Morgan fingerprint density at radius 2 is 1.58 bits per heavy atom. The molecular formula is C13H24F3N3. The van der Waals surface area contributed by atoms with Crippen molar-refractivity contribution in [3.8, 4) is 0 Å². The van der Waals surface area contributed by atoms with Crippen molar-refractivity contribution in [3.05, 3.63) is 12.4 Å². The first kappa shape index (κ1) is 17.8. The van der Waals surface area contributed by atoms with Crippen molar-refractivity contribution in [3.63, 3.8) is 0 Å². The van der Waals surface area contributed by atoms with E-state index in [0.29, 0.717) is 0 Å². The SMILES string of the molecule is C1CCCC1.CCC.Nc1nccn1CC(F)(F)F. The van der Waals surface area contributed by atoms with Gasteiger partial charge in [0.1, 0.15) is 6.54 Å².